The van der Waals surface area contributed by atoms with Crippen molar-refractivity contribution in [2.24, 2.45) is 0 Å². The van der Waals surface area contributed by atoms with Crippen molar-refractivity contribution in [2.45, 2.75) is 69.4 Å². The second kappa shape index (κ2) is 6.37. The average Bonchev–Trinajstić information content (AvgIpc) is 2.84. The summed E-state index contributed by atoms with van der Waals surface area (Å²) in [7, 11) is 0. The Bertz CT molecular complexity index is 334. The molecule has 5 heteroatoms. The summed E-state index contributed by atoms with van der Waals surface area (Å²) in [6.45, 7) is 0.316. The van der Waals surface area contributed by atoms with Crippen LogP contribution in [-0.4, -0.2) is 35.1 Å². The maximum absolute atomic E-state index is 11.6. The van der Waals surface area contributed by atoms with Crippen LogP contribution < -0.4 is 10.6 Å². The molecule has 0 atom stereocenters. The van der Waals surface area contributed by atoms with Crippen LogP contribution >= 0.6 is 0 Å². The van der Waals surface area contributed by atoms with E-state index in [1.165, 1.54) is 12.8 Å². The Hall–Kier alpha value is -1.10. The Balaban J connectivity index is 1.56. The SMILES string of the molecule is O=C(CCC(=O)NC1CCCC1)NCC1(O)CCC1. The van der Waals surface area contributed by atoms with E-state index in [-0.39, 0.29) is 24.7 Å². The molecule has 2 fully saturated rings. The van der Waals surface area contributed by atoms with E-state index in [1.807, 2.05) is 0 Å². The lowest BCUT2D eigenvalue weighted by Crippen LogP contribution is -2.47. The smallest absolute Gasteiger partial charge is 0.220 e. The minimum atomic E-state index is -0.693. The van der Waals surface area contributed by atoms with Crippen molar-refractivity contribution in [3.63, 3.8) is 0 Å². The second-order valence-corrected chi connectivity index (χ2v) is 5.90. The molecule has 0 heterocycles. The standard InChI is InChI=1S/C14H24N2O3/c17-12(15-10-14(19)8-3-9-14)6-7-13(18)16-11-4-1-2-5-11/h11,19H,1-10H2,(H,15,17)(H,16,18). The summed E-state index contributed by atoms with van der Waals surface area (Å²) in [5.74, 6) is -0.189. The number of carbonyl (C=O) groups is 2. The number of carbonyl (C=O) groups excluding carboxylic acids is 2. The van der Waals surface area contributed by atoms with Gasteiger partial charge in [0.25, 0.3) is 0 Å². The normalized spacial score (nSPS) is 21.7. The topological polar surface area (TPSA) is 78.4 Å². The van der Waals surface area contributed by atoms with Crippen molar-refractivity contribution in [3.05, 3.63) is 0 Å². The molecule has 2 aliphatic rings. The molecule has 2 aliphatic carbocycles. The largest absolute Gasteiger partial charge is 0.388 e. The summed E-state index contributed by atoms with van der Waals surface area (Å²) < 4.78 is 0. The fraction of sp³-hybridized carbons (Fsp3) is 0.857. The second-order valence-electron chi connectivity index (χ2n) is 5.90. The van der Waals surface area contributed by atoms with Gasteiger partial charge in [0.15, 0.2) is 0 Å². The third-order valence-corrected chi connectivity index (χ3v) is 4.20. The van der Waals surface area contributed by atoms with E-state index in [0.717, 1.165) is 32.1 Å². The van der Waals surface area contributed by atoms with E-state index in [9.17, 15) is 14.7 Å². The van der Waals surface area contributed by atoms with Gasteiger partial charge >= 0.3 is 0 Å². The summed E-state index contributed by atoms with van der Waals surface area (Å²) in [5.41, 5.74) is -0.693. The Labute approximate surface area is 114 Å². The van der Waals surface area contributed by atoms with Crippen LogP contribution in [0, 0.1) is 0 Å². The number of aliphatic hydroxyl groups is 1. The number of hydrogen-bond acceptors (Lipinski definition) is 3. The predicted molar refractivity (Wildman–Crippen MR) is 71.4 cm³/mol. The van der Waals surface area contributed by atoms with E-state index in [4.69, 9.17) is 0 Å². The highest BCUT2D eigenvalue weighted by atomic mass is 16.3. The van der Waals surface area contributed by atoms with E-state index in [0.29, 0.717) is 12.6 Å². The van der Waals surface area contributed by atoms with E-state index in [1.54, 1.807) is 0 Å². The molecule has 0 saturated heterocycles. The van der Waals surface area contributed by atoms with Crippen molar-refractivity contribution < 1.29 is 14.7 Å². The first-order valence-electron chi connectivity index (χ1n) is 7.36. The average molecular weight is 268 g/mol. The molecule has 108 valence electrons. The van der Waals surface area contributed by atoms with Gasteiger partial charge in [0, 0.05) is 25.4 Å². The molecule has 2 rings (SSSR count). The van der Waals surface area contributed by atoms with Gasteiger partial charge in [-0.05, 0) is 32.1 Å². The number of amides is 2. The van der Waals surface area contributed by atoms with Crippen LogP contribution in [0.15, 0.2) is 0 Å². The van der Waals surface area contributed by atoms with Crippen molar-refractivity contribution in [1.82, 2.24) is 10.6 Å². The van der Waals surface area contributed by atoms with Crippen molar-refractivity contribution in [1.29, 1.82) is 0 Å². The Morgan fingerprint density at radius 3 is 2.26 bits per heavy atom. The molecule has 0 spiro atoms. The molecule has 0 aromatic carbocycles. The summed E-state index contributed by atoms with van der Waals surface area (Å²) in [6, 6.07) is 0.311. The Morgan fingerprint density at radius 1 is 1.05 bits per heavy atom. The highest BCUT2D eigenvalue weighted by Gasteiger charge is 2.34. The Kier molecular flexibility index (Phi) is 4.80. The van der Waals surface area contributed by atoms with Crippen LogP contribution in [0.5, 0.6) is 0 Å². The van der Waals surface area contributed by atoms with E-state index in [2.05, 4.69) is 10.6 Å². The molecule has 19 heavy (non-hydrogen) atoms. The lowest BCUT2D eigenvalue weighted by molar-refractivity contribution is -0.128. The monoisotopic (exact) mass is 268 g/mol. The van der Waals surface area contributed by atoms with Gasteiger partial charge in [0.05, 0.1) is 5.60 Å². The molecule has 3 N–H and O–H groups in total. The quantitative estimate of drug-likeness (QED) is 0.668. The van der Waals surface area contributed by atoms with Gasteiger partial charge in [-0.25, -0.2) is 0 Å². The third-order valence-electron chi connectivity index (χ3n) is 4.20. The first-order valence-corrected chi connectivity index (χ1v) is 7.36. The van der Waals surface area contributed by atoms with Gasteiger partial charge < -0.3 is 15.7 Å². The highest BCUT2D eigenvalue weighted by molar-refractivity contribution is 5.83. The lowest BCUT2D eigenvalue weighted by atomic mass is 9.80. The molecule has 0 aromatic heterocycles. The van der Waals surface area contributed by atoms with Gasteiger partial charge in [0.1, 0.15) is 0 Å². The zero-order valence-electron chi connectivity index (χ0n) is 11.4. The van der Waals surface area contributed by atoms with Gasteiger partial charge in [-0.15, -0.1) is 0 Å². The van der Waals surface area contributed by atoms with Crippen molar-refractivity contribution in [2.75, 3.05) is 6.54 Å². The van der Waals surface area contributed by atoms with Crippen LogP contribution in [0.25, 0.3) is 0 Å². The fourth-order valence-electron chi connectivity index (χ4n) is 2.71. The van der Waals surface area contributed by atoms with Crippen LogP contribution in [-0.2, 0) is 9.59 Å². The lowest BCUT2D eigenvalue weighted by Gasteiger charge is -2.36. The first kappa shape index (κ1) is 14.3. The zero-order valence-corrected chi connectivity index (χ0v) is 11.4. The molecular weight excluding hydrogens is 244 g/mol. The van der Waals surface area contributed by atoms with Crippen LogP contribution in [0.3, 0.4) is 0 Å². The third kappa shape index (κ3) is 4.49. The van der Waals surface area contributed by atoms with Gasteiger partial charge in [-0.2, -0.15) is 0 Å². The molecule has 0 aromatic rings. The fourth-order valence-corrected chi connectivity index (χ4v) is 2.71. The predicted octanol–water partition coefficient (Wildman–Crippen LogP) is 0.857. The minimum absolute atomic E-state index is 0.0376. The van der Waals surface area contributed by atoms with Crippen molar-refractivity contribution >= 4 is 11.8 Å². The van der Waals surface area contributed by atoms with Gasteiger partial charge in [-0.1, -0.05) is 12.8 Å². The minimum Gasteiger partial charge on any atom is -0.388 e. The molecule has 0 radical (unpaired) electrons. The van der Waals surface area contributed by atoms with Crippen LogP contribution in [0.4, 0.5) is 0 Å². The van der Waals surface area contributed by atoms with E-state index >= 15 is 0 Å². The molecule has 0 unspecified atom stereocenters. The molecule has 2 saturated carbocycles. The molecule has 5 nitrogen and oxygen atoms in total. The summed E-state index contributed by atoms with van der Waals surface area (Å²) in [6.07, 6.45) is 7.47. The highest BCUT2D eigenvalue weighted by Crippen LogP contribution is 2.30. The molecule has 0 aliphatic heterocycles. The maximum atomic E-state index is 11.6. The van der Waals surface area contributed by atoms with Gasteiger partial charge in [-0.3, -0.25) is 9.59 Å². The maximum Gasteiger partial charge on any atom is 0.220 e. The first-order chi connectivity index (χ1) is 9.07. The number of rotatable bonds is 6. The number of nitrogens with one attached hydrogen (secondary N) is 2. The van der Waals surface area contributed by atoms with Gasteiger partial charge in [0.2, 0.25) is 11.8 Å². The summed E-state index contributed by atoms with van der Waals surface area (Å²) in [4.78, 5) is 23.2. The number of hydrogen-bond donors (Lipinski definition) is 3. The molecule has 2 amide bonds. The summed E-state index contributed by atoms with van der Waals surface area (Å²) >= 11 is 0. The summed E-state index contributed by atoms with van der Waals surface area (Å²) in [5, 5.41) is 15.5. The van der Waals surface area contributed by atoms with E-state index < -0.39 is 5.60 Å². The zero-order chi connectivity index (χ0) is 13.7. The molecule has 0 bridgehead atoms. The van der Waals surface area contributed by atoms with Crippen LogP contribution in [0.2, 0.25) is 0 Å². The Morgan fingerprint density at radius 2 is 1.68 bits per heavy atom. The van der Waals surface area contributed by atoms with Crippen LogP contribution in [0.1, 0.15) is 57.8 Å². The molecular formula is C14H24N2O3. The van der Waals surface area contributed by atoms with Crippen molar-refractivity contribution in [3.8, 4) is 0 Å².